The summed E-state index contributed by atoms with van der Waals surface area (Å²) in [5.41, 5.74) is 0.900. The summed E-state index contributed by atoms with van der Waals surface area (Å²) in [7, 11) is 0. The van der Waals surface area contributed by atoms with E-state index in [2.05, 4.69) is 20.3 Å². The average molecular weight is 359 g/mol. The van der Waals surface area contributed by atoms with Gasteiger partial charge in [0.2, 0.25) is 5.91 Å². The van der Waals surface area contributed by atoms with Crippen LogP contribution in [0.4, 0.5) is 0 Å². The zero-order chi connectivity index (χ0) is 18.9. The number of rotatable bonds is 3. The van der Waals surface area contributed by atoms with Gasteiger partial charge in [0.25, 0.3) is 5.91 Å². The lowest BCUT2D eigenvalue weighted by molar-refractivity contribution is -0.125. The van der Waals surface area contributed by atoms with E-state index >= 15 is 0 Å². The molecule has 3 rings (SSSR count). The normalized spacial score (nSPS) is 21.0. The molecule has 140 valence electrons. The Morgan fingerprint density at radius 2 is 2.19 bits per heavy atom. The van der Waals surface area contributed by atoms with Crippen molar-refractivity contribution in [2.45, 2.75) is 45.8 Å². The van der Waals surface area contributed by atoms with Crippen LogP contribution in [-0.2, 0) is 4.79 Å². The molecule has 0 unspecified atom stereocenters. The SMILES string of the molecule is CC(C)(C)CC(=O)N[C@@H]1CN(C(=O)c2cc3cncnc3[nH]2)CC[C@H]1O. The molecule has 0 aliphatic carbocycles. The van der Waals surface area contributed by atoms with Gasteiger partial charge in [-0.2, -0.15) is 0 Å². The van der Waals surface area contributed by atoms with Crippen molar-refractivity contribution < 1.29 is 14.7 Å². The van der Waals surface area contributed by atoms with E-state index in [9.17, 15) is 14.7 Å². The van der Waals surface area contributed by atoms with E-state index in [0.717, 1.165) is 5.39 Å². The summed E-state index contributed by atoms with van der Waals surface area (Å²) < 4.78 is 0. The molecule has 3 heterocycles. The van der Waals surface area contributed by atoms with Gasteiger partial charge < -0.3 is 20.3 Å². The maximum absolute atomic E-state index is 12.8. The second-order valence-electron chi connectivity index (χ2n) is 8.03. The highest BCUT2D eigenvalue weighted by Crippen LogP contribution is 2.20. The number of aromatic amines is 1. The fourth-order valence-corrected chi connectivity index (χ4v) is 3.16. The summed E-state index contributed by atoms with van der Waals surface area (Å²) in [5.74, 6) is -0.290. The van der Waals surface area contributed by atoms with E-state index in [1.165, 1.54) is 6.33 Å². The van der Waals surface area contributed by atoms with Crippen LogP contribution in [0.2, 0.25) is 0 Å². The highest BCUT2D eigenvalue weighted by Gasteiger charge is 2.32. The molecule has 3 N–H and O–H groups in total. The Labute approximate surface area is 152 Å². The predicted molar refractivity (Wildman–Crippen MR) is 96.4 cm³/mol. The molecule has 8 heteroatoms. The number of fused-ring (bicyclic) bond motifs is 1. The number of carbonyl (C=O) groups excluding carboxylic acids is 2. The van der Waals surface area contributed by atoms with Crippen molar-refractivity contribution >= 4 is 22.8 Å². The third kappa shape index (κ3) is 4.19. The fraction of sp³-hybridized carbons (Fsp3) is 0.556. The molecule has 0 spiro atoms. The molecule has 26 heavy (non-hydrogen) atoms. The zero-order valence-electron chi connectivity index (χ0n) is 15.3. The van der Waals surface area contributed by atoms with Crippen LogP contribution in [0, 0.1) is 5.41 Å². The van der Waals surface area contributed by atoms with E-state index in [0.29, 0.717) is 30.7 Å². The molecular formula is C18H25N5O3. The first-order valence-electron chi connectivity index (χ1n) is 8.78. The van der Waals surface area contributed by atoms with Crippen LogP contribution < -0.4 is 5.32 Å². The minimum absolute atomic E-state index is 0.114. The first kappa shape index (κ1) is 18.3. The van der Waals surface area contributed by atoms with Gasteiger partial charge in [0.15, 0.2) is 0 Å². The highest BCUT2D eigenvalue weighted by molar-refractivity contribution is 5.97. The van der Waals surface area contributed by atoms with Crippen LogP contribution in [0.25, 0.3) is 11.0 Å². The summed E-state index contributed by atoms with van der Waals surface area (Å²) in [4.78, 5) is 37.7. The topological polar surface area (TPSA) is 111 Å². The Morgan fingerprint density at radius 1 is 1.42 bits per heavy atom. The number of H-pyrrole nitrogens is 1. The van der Waals surface area contributed by atoms with Crippen LogP contribution in [-0.4, -0.2) is 62.0 Å². The number of hydrogen-bond acceptors (Lipinski definition) is 5. The second kappa shape index (κ2) is 7.03. The van der Waals surface area contributed by atoms with Crippen molar-refractivity contribution in [1.29, 1.82) is 0 Å². The van der Waals surface area contributed by atoms with Gasteiger partial charge in [-0.15, -0.1) is 0 Å². The number of amides is 2. The number of aromatic nitrogens is 3. The van der Waals surface area contributed by atoms with Gasteiger partial charge in [-0.1, -0.05) is 20.8 Å². The molecular weight excluding hydrogens is 334 g/mol. The number of carbonyl (C=O) groups is 2. The van der Waals surface area contributed by atoms with E-state index in [4.69, 9.17) is 0 Å². The number of nitrogens with zero attached hydrogens (tertiary/aromatic N) is 3. The Bertz CT molecular complexity index is 778. The van der Waals surface area contributed by atoms with Gasteiger partial charge in [-0.05, 0) is 17.9 Å². The molecule has 1 saturated heterocycles. The lowest BCUT2D eigenvalue weighted by Crippen LogP contribution is -2.56. The minimum Gasteiger partial charge on any atom is -0.391 e. The third-order valence-corrected chi connectivity index (χ3v) is 4.42. The first-order valence-corrected chi connectivity index (χ1v) is 8.78. The van der Waals surface area contributed by atoms with Crippen molar-refractivity contribution in [3.63, 3.8) is 0 Å². The predicted octanol–water partition coefficient (Wildman–Crippen LogP) is 1.09. The highest BCUT2D eigenvalue weighted by atomic mass is 16.3. The maximum Gasteiger partial charge on any atom is 0.270 e. The van der Waals surface area contributed by atoms with E-state index < -0.39 is 12.1 Å². The first-order chi connectivity index (χ1) is 12.2. The molecule has 2 aromatic rings. The van der Waals surface area contributed by atoms with Gasteiger partial charge in [-0.25, -0.2) is 9.97 Å². The molecule has 1 aliphatic heterocycles. The molecule has 1 fully saturated rings. The number of piperidine rings is 1. The van der Waals surface area contributed by atoms with Gasteiger partial charge in [-0.3, -0.25) is 9.59 Å². The lowest BCUT2D eigenvalue weighted by atomic mass is 9.91. The number of aliphatic hydroxyl groups is 1. The van der Waals surface area contributed by atoms with Crippen LogP contribution in [0.5, 0.6) is 0 Å². The van der Waals surface area contributed by atoms with Gasteiger partial charge in [0.05, 0.1) is 12.1 Å². The number of hydrogen-bond donors (Lipinski definition) is 3. The van der Waals surface area contributed by atoms with Gasteiger partial charge in [0.1, 0.15) is 17.7 Å². The molecule has 1 aliphatic rings. The van der Waals surface area contributed by atoms with Crippen LogP contribution >= 0.6 is 0 Å². The lowest BCUT2D eigenvalue weighted by Gasteiger charge is -2.36. The number of nitrogens with one attached hydrogen (secondary N) is 2. The largest absolute Gasteiger partial charge is 0.391 e. The molecule has 2 amide bonds. The van der Waals surface area contributed by atoms with Crippen molar-refractivity contribution in [3.05, 3.63) is 24.3 Å². The molecule has 0 radical (unpaired) electrons. The van der Waals surface area contributed by atoms with Crippen LogP contribution in [0.3, 0.4) is 0 Å². The Hall–Kier alpha value is -2.48. The molecule has 0 bridgehead atoms. The summed E-state index contributed by atoms with van der Waals surface area (Å²) in [6.07, 6.45) is 3.20. The van der Waals surface area contributed by atoms with E-state index in [-0.39, 0.29) is 23.8 Å². The molecule has 2 atom stereocenters. The van der Waals surface area contributed by atoms with Crippen LogP contribution in [0.1, 0.15) is 44.1 Å². The molecule has 8 nitrogen and oxygen atoms in total. The fourth-order valence-electron chi connectivity index (χ4n) is 3.16. The standard InChI is InChI=1S/C18H25N5O3/c1-18(2,3)7-15(25)21-13-9-23(5-4-14(13)24)17(26)12-6-11-8-19-10-20-16(11)22-12/h6,8,10,13-14,24H,4-5,7,9H2,1-3H3,(H,21,25)(H,19,20,22)/t13-,14-/m1/s1. The minimum atomic E-state index is -0.656. The molecule has 2 aromatic heterocycles. The monoisotopic (exact) mass is 359 g/mol. The second-order valence-corrected chi connectivity index (χ2v) is 8.03. The average Bonchev–Trinajstić information content (AvgIpc) is 2.98. The quantitative estimate of drug-likeness (QED) is 0.759. The maximum atomic E-state index is 12.8. The number of aliphatic hydroxyl groups excluding tert-OH is 1. The Balaban J connectivity index is 1.68. The van der Waals surface area contributed by atoms with Crippen molar-refractivity contribution in [3.8, 4) is 0 Å². The summed E-state index contributed by atoms with van der Waals surface area (Å²) in [6, 6.07) is 1.25. The zero-order valence-corrected chi connectivity index (χ0v) is 15.3. The van der Waals surface area contributed by atoms with E-state index in [1.54, 1.807) is 17.2 Å². The van der Waals surface area contributed by atoms with Crippen molar-refractivity contribution in [1.82, 2.24) is 25.2 Å². The third-order valence-electron chi connectivity index (χ3n) is 4.42. The van der Waals surface area contributed by atoms with Crippen molar-refractivity contribution in [2.75, 3.05) is 13.1 Å². The summed E-state index contributed by atoms with van der Waals surface area (Å²) >= 11 is 0. The smallest absolute Gasteiger partial charge is 0.270 e. The van der Waals surface area contributed by atoms with Crippen LogP contribution in [0.15, 0.2) is 18.6 Å². The van der Waals surface area contributed by atoms with Gasteiger partial charge in [0, 0.05) is 31.1 Å². The Morgan fingerprint density at radius 3 is 2.88 bits per heavy atom. The molecule has 0 saturated carbocycles. The van der Waals surface area contributed by atoms with E-state index in [1.807, 2.05) is 20.8 Å². The van der Waals surface area contributed by atoms with Gasteiger partial charge >= 0.3 is 0 Å². The number of likely N-dealkylation sites (tertiary alicyclic amines) is 1. The Kier molecular flexibility index (Phi) is 4.95. The molecule has 0 aromatic carbocycles. The summed E-state index contributed by atoms with van der Waals surface area (Å²) in [5, 5.41) is 13.9. The summed E-state index contributed by atoms with van der Waals surface area (Å²) in [6.45, 7) is 6.67. The van der Waals surface area contributed by atoms with Crippen molar-refractivity contribution in [2.24, 2.45) is 5.41 Å².